The minimum Gasteiger partial charge on any atom is -0.465 e. The lowest BCUT2D eigenvalue weighted by molar-refractivity contribution is -0.143. The number of carbonyl (C=O) groups excluding carboxylic acids is 2. The summed E-state index contributed by atoms with van der Waals surface area (Å²) >= 11 is 9.15. The maximum absolute atomic E-state index is 12.2. The number of hydrogen-bond acceptors (Lipinski definition) is 3. The molecule has 0 aliphatic rings. The summed E-state index contributed by atoms with van der Waals surface area (Å²) in [7, 11) is 0. The predicted octanol–water partition coefficient (Wildman–Crippen LogP) is 3.13. The highest BCUT2D eigenvalue weighted by molar-refractivity contribution is 9.10. The summed E-state index contributed by atoms with van der Waals surface area (Å²) < 4.78 is 5.49. The third-order valence-electron chi connectivity index (χ3n) is 2.46. The van der Waals surface area contributed by atoms with Gasteiger partial charge in [-0.15, -0.1) is 0 Å². The molecule has 0 bridgehead atoms. The number of hydrogen-bond donors (Lipinski definition) is 0. The zero-order valence-corrected chi connectivity index (χ0v) is 13.1. The molecule has 0 heterocycles. The van der Waals surface area contributed by atoms with E-state index in [2.05, 4.69) is 15.9 Å². The number of esters is 1. The van der Waals surface area contributed by atoms with Crippen LogP contribution in [-0.2, 0) is 9.53 Å². The fraction of sp³-hybridized carbons (Fsp3) is 0.385. The summed E-state index contributed by atoms with van der Waals surface area (Å²) in [5.41, 5.74) is 0.474. The van der Waals surface area contributed by atoms with E-state index in [9.17, 15) is 9.59 Å². The number of nitrogens with zero attached hydrogens (tertiary/aromatic N) is 1. The Hall–Kier alpha value is -1.07. The molecule has 4 nitrogen and oxygen atoms in total. The summed E-state index contributed by atoms with van der Waals surface area (Å²) in [6.45, 7) is 4.22. The zero-order valence-electron chi connectivity index (χ0n) is 10.8. The van der Waals surface area contributed by atoms with E-state index >= 15 is 0 Å². The van der Waals surface area contributed by atoms with E-state index in [1.165, 1.54) is 4.90 Å². The van der Waals surface area contributed by atoms with Gasteiger partial charge in [0.1, 0.15) is 6.54 Å². The lowest BCUT2D eigenvalue weighted by Gasteiger charge is -2.20. The number of benzene rings is 1. The Labute approximate surface area is 125 Å². The monoisotopic (exact) mass is 347 g/mol. The van der Waals surface area contributed by atoms with E-state index < -0.39 is 5.97 Å². The second-order valence-corrected chi connectivity index (χ2v) is 5.01. The van der Waals surface area contributed by atoms with Crippen molar-refractivity contribution in [2.75, 3.05) is 19.7 Å². The van der Waals surface area contributed by atoms with E-state index in [1.54, 1.807) is 25.1 Å². The van der Waals surface area contributed by atoms with Crippen molar-refractivity contribution in [1.29, 1.82) is 0 Å². The Morgan fingerprint density at radius 3 is 2.58 bits per heavy atom. The molecule has 0 radical (unpaired) electrons. The molecule has 0 fully saturated rings. The minimum absolute atomic E-state index is 0.0522. The van der Waals surface area contributed by atoms with Gasteiger partial charge < -0.3 is 9.64 Å². The average Bonchev–Trinajstić information content (AvgIpc) is 2.38. The van der Waals surface area contributed by atoms with Crippen LogP contribution < -0.4 is 0 Å². The van der Waals surface area contributed by atoms with Crippen molar-refractivity contribution >= 4 is 39.4 Å². The number of ether oxygens (including phenoxy) is 1. The number of halogens is 2. The highest BCUT2D eigenvalue weighted by Gasteiger charge is 2.18. The first-order chi connectivity index (χ1) is 8.99. The molecule has 0 saturated carbocycles. The molecule has 0 unspecified atom stereocenters. The van der Waals surface area contributed by atoms with Gasteiger partial charge in [-0.05, 0) is 48.0 Å². The van der Waals surface area contributed by atoms with Gasteiger partial charge in [-0.3, -0.25) is 9.59 Å². The summed E-state index contributed by atoms with van der Waals surface area (Å²) in [5.74, 6) is -0.640. The van der Waals surface area contributed by atoms with Gasteiger partial charge >= 0.3 is 5.97 Å². The van der Waals surface area contributed by atoms with Crippen molar-refractivity contribution in [1.82, 2.24) is 4.90 Å². The first kappa shape index (κ1) is 16.0. The van der Waals surface area contributed by atoms with Crippen LogP contribution >= 0.6 is 27.5 Å². The van der Waals surface area contributed by atoms with E-state index in [1.807, 2.05) is 6.92 Å². The number of amides is 1. The molecule has 104 valence electrons. The quantitative estimate of drug-likeness (QED) is 0.768. The molecule has 0 saturated heterocycles. The van der Waals surface area contributed by atoms with Gasteiger partial charge in [0.25, 0.3) is 5.91 Å². The molecule has 0 N–H and O–H groups in total. The van der Waals surface area contributed by atoms with Crippen molar-refractivity contribution in [2.45, 2.75) is 13.8 Å². The standard InChI is InChI=1S/C13H15BrClNO3/c1-3-16(8-12(17)19-4-2)13(18)9-5-6-11(15)10(14)7-9/h5-7H,3-4,8H2,1-2H3. The second kappa shape index (κ2) is 7.50. The molecule has 19 heavy (non-hydrogen) atoms. The van der Waals surface area contributed by atoms with Crippen LogP contribution in [0.2, 0.25) is 5.02 Å². The van der Waals surface area contributed by atoms with Crippen LogP contribution in [0.5, 0.6) is 0 Å². The lowest BCUT2D eigenvalue weighted by atomic mass is 10.2. The van der Waals surface area contributed by atoms with Crippen LogP contribution in [-0.4, -0.2) is 36.5 Å². The molecule has 0 atom stereocenters. The van der Waals surface area contributed by atoms with Crippen LogP contribution in [0.4, 0.5) is 0 Å². The van der Waals surface area contributed by atoms with Crippen molar-refractivity contribution in [3.8, 4) is 0 Å². The van der Waals surface area contributed by atoms with Crippen molar-refractivity contribution < 1.29 is 14.3 Å². The summed E-state index contributed by atoms with van der Waals surface area (Å²) in [5, 5.41) is 0.532. The number of rotatable bonds is 5. The van der Waals surface area contributed by atoms with Gasteiger partial charge in [0.05, 0.1) is 11.6 Å². The third kappa shape index (κ3) is 4.51. The second-order valence-electron chi connectivity index (χ2n) is 3.75. The molecule has 0 aliphatic carbocycles. The van der Waals surface area contributed by atoms with Gasteiger partial charge in [-0.1, -0.05) is 11.6 Å². The molecule has 0 spiro atoms. The molecule has 0 aromatic heterocycles. The highest BCUT2D eigenvalue weighted by atomic mass is 79.9. The molecule has 1 rings (SSSR count). The number of carbonyl (C=O) groups is 2. The lowest BCUT2D eigenvalue weighted by Crippen LogP contribution is -2.36. The highest BCUT2D eigenvalue weighted by Crippen LogP contribution is 2.23. The van der Waals surface area contributed by atoms with Crippen molar-refractivity contribution in [3.05, 3.63) is 33.3 Å². The first-order valence-electron chi connectivity index (χ1n) is 5.89. The smallest absolute Gasteiger partial charge is 0.325 e. The average molecular weight is 349 g/mol. The fourth-order valence-electron chi connectivity index (χ4n) is 1.50. The molecule has 6 heteroatoms. The van der Waals surface area contributed by atoms with Gasteiger partial charge in [0, 0.05) is 16.6 Å². The van der Waals surface area contributed by atoms with Crippen LogP contribution in [0.25, 0.3) is 0 Å². The maximum Gasteiger partial charge on any atom is 0.325 e. The van der Waals surface area contributed by atoms with E-state index in [4.69, 9.17) is 16.3 Å². The normalized spacial score (nSPS) is 10.1. The third-order valence-corrected chi connectivity index (χ3v) is 3.67. The molecule has 1 aromatic rings. The minimum atomic E-state index is -0.411. The molecule has 1 aromatic carbocycles. The van der Waals surface area contributed by atoms with Crippen LogP contribution in [0.15, 0.2) is 22.7 Å². The van der Waals surface area contributed by atoms with Gasteiger partial charge in [-0.2, -0.15) is 0 Å². The molecular formula is C13H15BrClNO3. The Morgan fingerprint density at radius 1 is 1.37 bits per heavy atom. The SMILES string of the molecule is CCOC(=O)CN(CC)C(=O)c1ccc(Cl)c(Br)c1. The topological polar surface area (TPSA) is 46.6 Å². The van der Waals surface area contributed by atoms with Gasteiger partial charge in [-0.25, -0.2) is 0 Å². The first-order valence-corrected chi connectivity index (χ1v) is 7.06. The molecular weight excluding hydrogens is 334 g/mol. The summed E-state index contributed by atoms with van der Waals surface area (Å²) in [4.78, 5) is 25.1. The Morgan fingerprint density at radius 2 is 2.05 bits per heavy atom. The largest absolute Gasteiger partial charge is 0.465 e. The Balaban J connectivity index is 2.83. The van der Waals surface area contributed by atoms with Crippen LogP contribution in [0.1, 0.15) is 24.2 Å². The van der Waals surface area contributed by atoms with Gasteiger partial charge in [0.2, 0.25) is 0 Å². The summed E-state index contributed by atoms with van der Waals surface area (Å²) in [6, 6.07) is 4.90. The van der Waals surface area contributed by atoms with E-state index in [0.717, 1.165) is 0 Å². The van der Waals surface area contributed by atoms with E-state index in [0.29, 0.717) is 28.2 Å². The predicted molar refractivity (Wildman–Crippen MR) is 77.4 cm³/mol. The molecule has 1 amide bonds. The Kier molecular flexibility index (Phi) is 6.31. The van der Waals surface area contributed by atoms with Crippen LogP contribution in [0.3, 0.4) is 0 Å². The Bertz CT molecular complexity index is 479. The summed E-state index contributed by atoms with van der Waals surface area (Å²) in [6.07, 6.45) is 0. The van der Waals surface area contributed by atoms with Crippen molar-refractivity contribution in [2.24, 2.45) is 0 Å². The fourth-order valence-corrected chi connectivity index (χ4v) is 2.00. The maximum atomic E-state index is 12.2. The van der Waals surface area contributed by atoms with E-state index in [-0.39, 0.29) is 12.5 Å². The van der Waals surface area contributed by atoms with Crippen molar-refractivity contribution in [3.63, 3.8) is 0 Å². The zero-order chi connectivity index (χ0) is 14.4. The van der Waals surface area contributed by atoms with Crippen LogP contribution in [0, 0.1) is 0 Å². The molecule has 0 aliphatic heterocycles. The number of likely N-dealkylation sites (N-methyl/N-ethyl adjacent to an activating group) is 1. The van der Waals surface area contributed by atoms with Gasteiger partial charge in [0.15, 0.2) is 0 Å².